The van der Waals surface area contributed by atoms with Gasteiger partial charge in [-0.3, -0.25) is 9.59 Å². The number of piperidine rings is 1. The third kappa shape index (κ3) is 5.21. The van der Waals surface area contributed by atoms with Gasteiger partial charge in [-0.2, -0.15) is 0 Å². The minimum absolute atomic E-state index is 0.203. The van der Waals surface area contributed by atoms with Gasteiger partial charge in [-0.05, 0) is 56.6 Å². The number of likely N-dealkylation sites (tertiary alicyclic amines) is 1. The molecule has 2 heterocycles. The van der Waals surface area contributed by atoms with Gasteiger partial charge in [-0.25, -0.2) is 4.98 Å². The first-order valence-electron chi connectivity index (χ1n) is 11.6. The molecule has 1 aliphatic carbocycles. The highest BCUT2D eigenvalue weighted by atomic mass is 16.2. The molecule has 0 unspecified atom stereocenters. The molecule has 1 N–H and O–H groups in total. The predicted octanol–water partition coefficient (Wildman–Crippen LogP) is 3.53. The number of nitrogens with zero attached hydrogens (tertiary/aromatic N) is 3. The number of hydrogen-bond donors (Lipinski definition) is 1. The van der Waals surface area contributed by atoms with E-state index in [1.54, 1.807) is 0 Å². The summed E-state index contributed by atoms with van der Waals surface area (Å²) in [5, 5.41) is 3.03. The second-order valence-electron chi connectivity index (χ2n) is 9.04. The van der Waals surface area contributed by atoms with E-state index < -0.39 is 0 Å². The average Bonchev–Trinajstić information content (AvgIpc) is 3.55. The minimum atomic E-state index is 0.203. The third-order valence-corrected chi connectivity index (χ3v) is 6.49. The van der Waals surface area contributed by atoms with Crippen LogP contribution in [0.15, 0.2) is 24.3 Å². The molecule has 0 radical (unpaired) electrons. The summed E-state index contributed by atoms with van der Waals surface area (Å²) in [5.41, 5.74) is 2.01. The zero-order chi connectivity index (χ0) is 20.9. The lowest BCUT2D eigenvalue weighted by molar-refractivity contribution is -0.133. The lowest BCUT2D eigenvalue weighted by atomic mass is 9.99. The largest absolute Gasteiger partial charge is 0.356 e. The van der Waals surface area contributed by atoms with Gasteiger partial charge in [0, 0.05) is 32.0 Å². The van der Waals surface area contributed by atoms with Crippen molar-refractivity contribution in [2.24, 2.45) is 11.8 Å². The van der Waals surface area contributed by atoms with Crippen molar-refractivity contribution in [3.8, 4) is 0 Å². The summed E-state index contributed by atoms with van der Waals surface area (Å²) in [6.07, 6.45) is 8.21. The van der Waals surface area contributed by atoms with Crippen molar-refractivity contribution in [2.75, 3.05) is 19.6 Å². The molecule has 2 fully saturated rings. The van der Waals surface area contributed by atoms with Crippen molar-refractivity contribution in [3.63, 3.8) is 0 Å². The normalized spacial score (nSPS) is 17.4. The Kier molecular flexibility index (Phi) is 6.70. The molecular formula is C24H34N4O2. The Balaban J connectivity index is 1.33. The highest BCUT2D eigenvalue weighted by Gasteiger charge is 2.29. The van der Waals surface area contributed by atoms with E-state index in [2.05, 4.69) is 22.9 Å². The quantitative estimate of drug-likeness (QED) is 0.643. The van der Waals surface area contributed by atoms with E-state index >= 15 is 0 Å². The van der Waals surface area contributed by atoms with Crippen molar-refractivity contribution in [1.82, 2.24) is 19.8 Å². The second kappa shape index (κ2) is 9.63. The molecule has 1 saturated heterocycles. The zero-order valence-corrected chi connectivity index (χ0v) is 18.1. The van der Waals surface area contributed by atoms with E-state index in [9.17, 15) is 9.59 Å². The summed E-state index contributed by atoms with van der Waals surface area (Å²) in [4.78, 5) is 31.5. The number of hydrogen-bond acceptors (Lipinski definition) is 3. The first-order valence-corrected chi connectivity index (χ1v) is 11.6. The van der Waals surface area contributed by atoms with E-state index in [0.29, 0.717) is 12.5 Å². The second-order valence-corrected chi connectivity index (χ2v) is 9.04. The molecule has 162 valence electrons. The van der Waals surface area contributed by atoms with Crippen molar-refractivity contribution in [3.05, 3.63) is 30.1 Å². The molecule has 2 aliphatic rings. The molecule has 4 rings (SSSR count). The minimum Gasteiger partial charge on any atom is -0.356 e. The Bertz CT molecular complexity index is 878. The van der Waals surface area contributed by atoms with Gasteiger partial charge in [0.05, 0.1) is 11.0 Å². The number of carbonyl (C=O) groups is 2. The molecule has 6 heteroatoms. The Hall–Kier alpha value is -2.37. The lowest BCUT2D eigenvalue weighted by Gasteiger charge is -2.30. The number of carbonyl (C=O) groups excluding carboxylic acids is 2. The number of imidazole rings is 1. The van der Waals surface area contributed by atoms with Crippen LogP contribution in [-0.4, -0.2) is 45.9 Å². The molecule has 0 spiro atoms. The summed E-state index contributed by atoms with van der Waals surface area (Å²) in [6, 6.07) is 8.10. The number of rotatable bonds is 9. The van der Waals surface area contributed by atoms with Crippen LogP contribution in [0.2, 0.25) is 0 Å². The number of fused-ring (bicyclic) bond motifs is 1. The molecule has 6 nitrogen and oxygen atoms in total. The van der Waals surface area contributed by atoms with E-state index in [1.807, 2.05) is 23.1 Å². The average molecular weight is 411 g/mol. The van der Waals surface area contributed by atoms with Gasteiger partial charge in [0.2, 0.25) is 11.8 Å². The monoisotopic (exact) mass is 410 g/mol. The van der Waals surface area contributed by atoms with E-state index in [4.69, 9.17) is 4.98 Å². The van der Waals surface area contributed by atoms with Crippen LogP contribution in [0.3, 0.4) is 0 Å². The number of aromatic nitrogens is 2. The van der Waals surface area contributed by atoms with Gasteiger partial charge in [-0.1, -0.05) is 25.5 Å². The van der Waals surface area contributed by atoms with Gasteiger partial charge in [-0.15, -0.1) is 0 Å². The highest BCUT2D eigenvalue weighted by Crippen LogP contribution is 2.28. The molecular weight excluding hydrogens is 376 g/mol. The van der Waals surface area contributed by atoms with Crippen molar-refractivity contribution >= 4 is 22.8 Å². The molecule has 2 amide bonds. The standard InChI is InChI=1S/C24H34N4O2/c1-18-12-15-27(16-13-18)23(29)17-28-21-8-5-4-7-20(21)26-22(28)9-3-2-6-14-25-24(30)19-10-11-19/h4-5,7-8,18-19H,2-3,6,9-17H2,1H3,(H,25,30). The van der Waals surface area contributed by atoms with Crippen molar-refractivity contribution in [2.45, 2.75) is 64.8 Å². The number of para-hydroxylation sites is 2. The maximum Gasteiger partial charge on any atom is 0.242 e. The van der Waals surface area contributed by atoms with Crippen LogP contribution >= 0.6 is 0 Å². The van der Waals surface area contributed by atoms with Crippen LogP contribution in [0.1, 0.15) is 57.7 Å². The maximum absolute atomic E-state index is 12.9. The first kappa shape index (κ1) is 20.9. The number of aryl methyl sites for hydroxylation is 1. The van der Waals surface area contributed by atoms with Crippen LogP contribution in [0.4, 0.5) is 0 Å². The number of unbranched alkanes of at least 4 members (excludes halogenated alkanes) is 2. The third-order valence-electron chi connectivity index (χ3n) is 6.49. The molecule has 1 aromatic carbocycles. The Morgan fingerprint density at radius 1 is 1.07 bits per heavy atom. The molecule has 1 aromatic heterocycles. The predicted molar refractivity (Wildman–Crippen MR) is 118 cm³/mol. The van der Waals surface area contributed by atoms with Crippen LogP contribution < -0.4 is 5.32 Å². The van der Waals surface area contributed by atoms with Gasteiger partial charge in [0.1, 0.15) is 12.4 Å². The Morgan fingerprint density at radius 3 is 2.60 bits per heavy atom. The van der Waals surface area contributed by atoms with Gasteiger partial charge >= 0.3 is 0 Å². The molecule has 30 heavy (non-hydrogen) atoms. The molecule has 2 aromatic rings. The summed E-state index contributed by atoms with van der Waals surface area (Å²) in [5.74, 6) is 2.42. The number of benzene rings is 1. The molecule has 0 bridgehead atoms. The van der Waals surface area contributed by atoms with E-state index in [0.717, 1.165) is 87.9 Å². The summed E-state index contributed by atoms with van der Waals surface area (Å²) in [6.45, 7) is 5.14. The summed E-state index contributed by atoms with van der Waals surface area (Å²) in [7, 11) is 0. The summed E-state index contributed by atoms with van der Waals surface area (Å²) < 4.78 is 2.12. The van der Waals surface area contributed by atoms with E-state index in [-0.39, 0.29) is 17.7 Å². The Morgan fingerprint density at radius 2 is 1.83 bits per heavy atom. The van der Waals surface area contributed by atoms with Crippen LogP contribution in [0.25, 0.3) is 11.0 Å². The first-order chi connectivity index (χ1) is 14.6. The fraction of sp³-hybridized carbons (Fsp3) is 0.625. The fourth-order valence-corrected chi connectivity index (χ4v) is 4.27. The molecule has 0 atom stereocenters. The van der Waals surface area contributed by atoms with Gasteiger partial charge in [0.15, 0.2) is 0 Å². The van der Waals surface area contributed by atoms with Gasteiger partial charge < -0.3 is 14.8 Å². The number of nitrogens with one attached hydrogen (secondary N) is 1. The molecule has 1 aliphatic heterocycles. The highest BCUT2D eigenvalue weighted by molar-refractivity contribution is 5.81. The topological polar surface area (TPSA) is 67.2 Å². The molecule has 1 saturated carbocycles. The number of amides is 2. The summed E-state index contributed by atoms with van der Waals surface area (Å²) >= 11 is 0. The van der Waals surface area contributed by atoms with Crippen LogP contribution in [0.5, 0.6) is 0 Å². The van der Waals surface area contributed by atoms with Crippen LogP contribution in [0, 0.1) is 11.8 Å². The SMILES string of the molecule is CC1CCN(C(=O)Cn2c(CCCCCNC(=O)C3CC3)nc3ccccc32)CC1. The Labute approximate surface area is 179 Å². The maximum atomic E-state index is 12.9. The van der Waals surface area contributed by atoms with Gasteiger partial charge in [0.25, 0.3) is 0 Å². The van der Waals surface area contributed by atoms with E-state index in [1.165, 1.54) is 0 Å². The van der Waals surface area contributed by atoms with Crippen molar-refractivity contribution < 1.29 is 9.59 Å². The zero-order valence-electron chi connectivity index (χ0n) is 18.1. The van der Waals surface area contributed by atoms with Crippen molar-refractivity contribution in [1.29, 1.82) is 0 Å². The van der Waals surface area contributed by atoms with Crippen LogP contribution in [-0.2, 0) is 22.6 Å². The fourth-order valence-electron chi connectivity index (χ4n) is 4.27. The lowest BCUT2D eigenvalue weighted by Crippen LogP contribution is -2.39. The smallest absolute Gasteiger partial charge is 0.242 e.